The molecular weight excluding hydrogens is 456 g/mol. The number of fused-ring (bicyclic) bond motifs is 3. The SMILES string of the molecule is O=C(c1ccc2c(c1)Cc1cccc(c1)CN(C1CCOCC1)CCOCCO2)N1CCCC(O)C1. The molecule has 5 rings (SSSR count). The number of hydrogen-bond acceptors (Lipinski definition) is 6. The van der Waals surface area contributed by atoms with Crippen LogP contribution in [0.4, 0.5) is 0 Å². The van der Waals surface area contributed by atoms with Gasteiger partial charge in [0.25, 0.3) is 5.91 Å². The number of nitrogens with zero attached hydrogens (tertiary/aromatic N) is 2. The fourth-order valence-corrected chi connectivity index (χ4v) is 5.54. The monoisotopic (exact) mass is 494 g/mol. The summed E-state index contributed by atoms with van der Waals surface area (Å²) in [5, 5.41) is 10.0. The van der Waals surface area contributed by atoms with Crippen molar-refractivity contribution in [1.29, 1.82) is 0 Å². The van der Waals surface area contributed by atoms with E-state index in [9.17, 15) is 9.90 Å². The Labute approximate surface area is 213 Å². The van der Waals surface area contributed by atoms with Gasteiger partial charge in [0.15, 0.2) is 0 Å². The fourth-order valence-electron chi connectivity index (χ4n) is 5.54. The molecule has 1 N–H and O–H groups in total. The molecule has 2 saturated heterocycles. The second-order valence-corrected chi connectivity index (χ2v) is 10.1. The van der Waals surface area contributed by atoms with Crippen LogP contribution in [0, 0.1) is 0 Å². The third kappa shape index (κ3) is 6.45. The summed E-state index contributed by atoms with van der Waals surface area (Å²) >= 11 is 0. The first kappa shape index (κ1) is 25.2. The molecule has 0 aromatic heterocycles. The number of β-amino-alcohol motifs (C(OH)–C–C–N with tert-alkyl or cyclic N) is 1. The van der Waals surface area contributed by atoms with Gasteiger partial charge in [0.05, 0.1) is 19.3 Å². The summed E-state index contributed by atoms with van der Waals surface area (Å²) in [6.07, 6.45) is 3.95. The molecule has 1 amide bonds. The Morgan fingerprint density at radius 2 is 1.72 bits per heavy atom. The molecular formula is C29H38N2O5. The number of ether oxygens (including phenoxy) is 3. The highest BCUT2D eigenvalue weighted by Crippen LogP contribution is 2.26. The van der Waals surface area contributed by atoms with Crippen molar-refractivity contribution in [2.24, 2.45) is 0 Å². The lowest BCUT2D eigenvalue weighted by Gasteiger charge is -2.34. The van der Waals surface area contributed by atoms with Crippen LogP contribution in [-0.2, 0) is 22.4 Å². The number of carbonyl (C=O) groups is 1. The van der Waals surface area contributed by atoms with Crippen molar-refractivity contribution >= 4 is 5.91 Å². The van der Waals surface area contributed by atoms with E-state index in [1.165, 1.54) is 11.1 Å². The number of hydrogen-bond donors (Lipinski definition) is 1. The maximum absolute atomic E-state index is 13.2. The third-order valence-corrected chi connectivity index (χ3v) is 7.48. The smallest absolute Gasteiger partial charge is 0.253 e. The Morgan fingerprint density at radius 3 is 2.58 bits per heavy atom. The molecule has 7 heteroatoms. The standard InChI is InChI=1S/C29H38N2O5/c32-27-5-2-10-31(21-27)29(33)24-6-7-28-25(19-24)18-22-3-1-4-23(17-22)20-30(11-14-35-15-16-36-28)26-8-12-34-13-9-26/h1,3-4,6-7,17,19,26-27,32H,2,5,8-16,18,20-21H2. The van der Waals surface area contributed by atoms with E-state index in [0.29, 0.717) is 50.9 Å². The van der Waals surface area contributed by atoms with Crippen LogP contribution in [0.5, 0.6) is 5.75 Å². The van der Waals surface area contributed by atoms with E-state index in [4.69, 9.17) is 14.2 Å². The predicted molar refractivity (Wildman–Crippen MR) is 137 cm³/mol. The number of piperidine rings is 1. The van der Waals surface area contributed by atoms with Gasteiger partial charge in [-0.15, -0.1) is 0 Å². The van der Waals surface area contributed by atoms with E-state index in [2.05, 4.69) is 29.2 Å². The first-order valence-electron chi connectivity index (χ1n) is 13.4. The largest absolute Gasteiger partial charge is 0.491 e. The zero-order valence-corrected chi connectivity index (χ0v) is 21.1. The van der Waals surface area contributed by atoms with Crippen molar-refractivity contribution in [3.63, 3.8) is 0 Å². The van der Waals surface area contributed by atoms with Crippen molar-refractivity contribution in [2.75, 3.05) is 52.7 Å². The van der Waals surface area contributed by atoms with E-state index in [0.717, 1.165) is 63.3 Å². The number of rotatable bonds is 2. The minimum absolute atomic E-state index is 0.0276. The molecule has 7 nitrogen and oxygen atoms in total. The number of aliphatic hydroxyl groups excluding tert-OH is 1. The second-order valence-electron chi connectivity index (χ2n) is 10.1. The van der Waals surface area contributed by atoms with E-state index < -0.39 is 6.10 Å². The highest BCUT2D eigenvalue weighted by atomic mass is 16.5. The Bertz CT molecular complexity index is 1020. The van der Waals surface area contributed by atoms with Gasteiger partial charge < -0.3 is 24.2 Å². The topological polar surface area (TPSA) is 71.5 Å². The molecule has 2 bridgehead atoms. The molecule has 0 saturated carbocycles. The van der Waals surface area contributed by atoms with E-state index in [-0.39, 0.29) is 5.91 Å². The molecule has 0 radical (unpaired) electrons. The molecule has 3 aliphatic heterocycles. The predicted octanol–water partition coefficient (Wildman–Crippen LogP) is 3.26. The quantitative estimate of drug-likeness (QED) is 0.691. The molecule has 2 aromatic carbocycles. The average molecular weight is 495 g/mol. The maximum Gasteiger partial charge on any atom is 0.253 e. The van der Waals surface area contributed by atoms with Crippen molar-refractivity contribution in [2.45, 2.75) is 50.8 Å². The number of benzene rings is 2. The average Bonchev–Trinajstić information content (AvgIpc) is 2.90. The second kappa shape index (κ2) is 12.2. The number of amides is 1. The molecule has 194 valence electrons. The summed E-state index contributed by atoms with van der Waals surface area (Å²) in [5.41, 5.74) is 4.13. The molecule has 3 aliphatic rings. The maximum atomic E-state index is 13.2. The minimum Gasteiger partial charge on any atom is -0.491 e. The van der Waals surface area contributed by atoms with Gasteiger partial charge in [-0.25, -0.2) is 0 Å². The summed E-state index contributed by atoms with van der Waals surface area (Å²) in [6, 6.07) is 15.0. The van der Waals surface area contributed by atoms with E-state index >= 15 is 0 Å². The minimum atomic E-state index is -0.438. The lowest BCUT2D eigenvalue weighted by Crippen LogP contribution is -2.42. The van der Waals surface area contributed by atoms with Crippen LogP contribution < -0.4 is 4.74 Å². The third-order valence-electron chi connectivity index (χ3n) is 7.48. The van der Waals surface area contributed by atoms with Crippen molar-refractivity contribution in [3.05, 3.63) is 64.7 Å². The zero-order chi connectivity index (χ0) is 24.7. The Hall–Kier alpha value is -2.45. The Kier molecular flexibility index (Phi) is 8.54. The van der Waals surface area contributed by atoms with Crippen LogP contribution in [0.2, 0.25) is 0 Å². The number of carbonyl (C=O) groups excluding carboxylic acids is 1. The normalized spacial score (nSPS) is 22.8. The van der Waals surface area contributed by atoms with Crippen LogP contribution >= 0.6 is 0 Å². The highest BCUT2D eigenvalue weighted by Gasteiger charge is 2.24. The summed E-state index contributed by atoms with van der Waals surface area (Å²) < 4.78 is 17.7. The molecule has 0 aliphatic carbocycles. The van der Waals surface area contributed by atoms with E-state index in [1.54, 1.807) is 4.90 Å². The molecule has 1 unspecified atom stereocenters. The zero-order valence-electron chi connectivity index (χ0n) is 21.1. The summed E-state index contributed by atoms with van der Waals surface area (Å²) in [4.78, 5) is 17.5. The summed E-state index contributed by atoms with van der Waals surface area (Å²) in [5.74, 6) is 0.764. The van der Waals surface area contributed by atoms with Crippen molar-refractivity contribution in [3.8, 4) is 5.75 Å². The van der Waals surface area contributed by atoms with Crippen molar-refractivity contribution < 1.29 is 24.1 Å². The lowest BCUT2D eigenvalue weighted by atomic mass is 9.98. The van der Waals surface area contributed by atoms with Crippen LogP contribution in [0.3, 0.4) is 0 Å². The van der Waals surface area contributed by atoms with Gasteiger partial charge >= 0.3 is 0 Å². The van der Waals surface area contributed by atoms with Gasteiger partial charge in [-0.2, -0.15) is 0 Å². The summed E-state index contributed by atoms with van der Waals surface area (Å²) in [7, 11) is 0. The Morgan fingerprint density at radius 1 is 0.889 bits per heavy atom. The molecule has 3 heterocycles. The number of aliphatic hydroxyl groups is 1. The number of likely N-dealkylation sites (tertiary alicyclic amines) is 1. The van der Waals surface area contributed by atoms with Crippen LogP contribution in [0.25, 0.3) is 0 Å². The molecule has 2 fully saturated rings. The lowest BCUT2D eigenvalue weighted by molar-refractivity contribution is 0.0133. The molecule has 1 atom stereocenters. The molecule has 2 aromatic rings. The van der Waals surface area contributed by atoms with Crippen LogP contribution in [0.1, 0.15) is 52.7 Å². The highest BCUT2D eigenvalue weighted by molar-refractivity contribution is 5.94. The first-order valence-corrected chi connectivity index (χ1v) is 13.4. The van der Waals surface area contributed by atoms with Gasteiger partial charge in [-0.3, -0.25) is 9.69 Å². The fraction of sp³-hybridized carbons (Fsp3) is 0.552. The molecule has 36 heavy (non-hydrogen) atoms. The first-order chi connectivity index (χ1) is 17.7. The van der Waals surface area contributed by atoms with Crippen LogP contribution in [0.15, 0.2) is 42.5 Å². The summed E-state index contributed by atoms with van der Waals surface area (Å²) in [6.45, 7) is 6.18. The van der Waals surface area contributed by atoms with E-state index in [1.807, 2.05) is 18.2 Å². The van der Waals surface area contributed by atoms with Gasteiger partial charge in [0.2, 0.25) is 0 Å². The van der Waals surface area contributed by atoms with Gasteiger partial charge in [0, 0.05) is 57.4 Å². The van der Waals surface area contributed by atoms with Crippen LogP contribution in [-0.4, -0.2) is 85.6 Å². The van der Waals surface area contributed by atoms with Gasteiger partial charge in [0.1, 0.15) is 12.4 Å². The Balaban J connectivity index is 1.38. The molecule has 0 spiro atoms. The van der Waals surface area contributed by atoms with Gasteiger partial charge in [-0.1, -0.05) is 24.3 Å². The van der Waals surface area contributed by atoms with Crippen molar-refractivity contribution in [1.82, 2.24) is 9.80 Å². The van der Waals surface area contributed by atoms with Gasteiger partial charge in [-0.05, 0) is 60.6 Å².